The SMILES string of the molecule is Cn1cc(-c2c[nH]c(C(=NC=N)N3CCN(c4ncc([C@H](N)c5ccccc5)cn4)CC3)c2)cn1. The predicted octanol–water partition coefficient (Wildman–Crippen LogP) is 2.43. The first-order valence-electron chi connectivity index (χ1n) is 11.5. The molecule has 178 valence electrons. The summed E-state index contributed by atoms with van der Waals surface area (Å²) in [5, 5.41) is 11.8. The fraction of sp³-hybridized carbons (Fsp3) is 0.240. The third kappa shape index (κ3) is 4.82. The summed E-state index contributed by atoms with van der Waals surface area (Å²) in [6, 6.07) is 11.7. The number of H-pyrrole nitrogens is 1. The molecule has 0 saturated carbocycles. The minimum atomic E-state index is -0.251. The highest BCUT2D eigenvalue weighted by Crippen LogP contribution is 2.22. The summed E-state index contributed by atoms with van der Waals surface area (Å²) in [6.45, 7) is 2.97. The number of nitrogens with one attached hydrogen (secondary N) is 2. The van der Waals surface area contributed by atoms with Crippen molar-refractivity contribution in [2.45, 2.75) is 6.04 Å². The molecule has 1 aromatic carbocycles. The summed E-state index contributed by atoms with van der Waals surface area (Å²) in [5.74, 6) is 1.44. The van der Waals surface area contributed by atoms with Gasteiger partial charge in [0.2, 0.25) is 5.95 Å². The van der Waals surface area contributed by atoms with Gasteiger partial charge in [-0.3, -0.25) is 10.1 Å². The molecular formula is C25H28N10. The predicted molar refractivity (Wildman–Crippen MR) is 137 cm³/mol. The van der Waals surface area contributed by atoms with Gasteiger partial charge in [0, 0.05) is 74.7 Å². The molecular weight excluding hydrogens is 440 g/mol. The lowest BCUT2D eigenvalue weighted by atomic mass is 10.0. The maximum absolute atomic E-state index is 7.56. The van der Waals surface area contributed by atoms with Crippen LogP contribution < -0.4 is 10.6 Å². The standard InChI is InChI=1S/C25H28N10/c1-33-16-21(15-32-33)19-11-22(28-12-19)24(31-17-26)34-7-9-35(10-8-34)25-29-13-20(14-30-25)23(27)18-5-3-2-4-6-18/h2-6,11-17,23,26,28H,7-10,27H2,1H3/t23-/m1/s1. The Balaban J connectivity index is 1.25. The van der Waals surface area contributed by atoms with Crippen molar-refractivity contribution in [3.8, 4) is 11.1 Å². The summed E-state index contributed by atoms with van der Waals surface area (Å²) in [7, 11) is 1.90. The number of amidine groups is 1. The summed E-state index contributed by atoms with van der Waals surface area (Å²) in [5.41, 5.74) is 11.2. The zero-order valence-electron chi connectivity index (χ0n) is 19.5. The third-order valence-corrected chi connectivity index (χ3v) is 6.19. The van der Waals surface area contributed by atoms with E-state index >= 15 is 0 Å². The van der Waals surface area contributed by atoms with Gasteiger partial charge in [0.15, 0.2) is 5.84 Å². The van der Waals surface area contributed by atoms with E-state index in [-0.39, 0.29) is 6.04 Å². The molecule has 1 aliphatic rings. The Kier molecular flexibility index (Phi) is 6.36. The molecule has 1 atom stereocenters. The van der Waals surface area contributed by atoms with Crippen LogP contribution >= 0.6 is 0 Å². The van der Waals surface area contributed by atoms with E-state index in [1.165, 1.54) is 0 Å². The first kappa shape index (κ1) is 22.5. The Morgan fingerprint density at radius 3 is 2.46 bits per heavy atom. The van der Waals surface area contributed by atoms with Gasteiger partial charge in [0.05, 0.1) is 17.9 Å². The minimum Gasteiger partial charge on any atom is -0.358 e. The van der Waals surface area contributed by atoms with Crippen LogP contribution in [0.1, 0.15) is 22.9 Å². The summed E-state index contributed by atoms with van der Waals surface area (Å²) in [6.07, 6.45) is 10.5. The van der Waals surface area contributed by atoms with E-state index in [1.54, 1.807) is 4.68 Å². The van der Waals surface area contributed by atoms with Gasteiger partial charge in [-0.25, -0.2) is 15.0 Å². The number of hydrogen-bond donors (Lipinski definition) is 3. The first-order valence-corrected chi connectivity index (χ1v) is 11.5. The number of nitrogens with two attached hydrogens (primary N) is 1. The van der Waals surface area contributed by atoms with E-state index < -0.39 is 0 Å². The van der Waals surface area contributed by atoms with E-state index in [0.29, 0.717) is 5.95 Å². The highest BCUT2D eigenvalue weighted by Gasteiger charge is 2.23. The summed E-state index contributed by atoms with van der Waals surface area (Å²) < 4.78 is 1.78. The average molecular weight is 469 g/mol. The van der Waals surface area contributed by atoms with Crippen molar-refractivity contribution in [1.82, 2.24) is 29.6 Å². The molecule has 0 aliphatic carbocycles. The van der Waals surface area contributed by atoms with Gasteiger partial charge in [-0.1, -0.05) is 30.3 Å². The number of aromatic amines is 1. The number of piperazine rings is 1. The van der Waals surface area contributed by atoms with Gasteiger partial charge >= 0.3 is 0 Å². The van der Waals surface area contributed by atoms with Crippen LogP contribution in [0.25, 0.3) is 11.1 Å². The maximum atomic E-state index is 7.56. The van der Waals surface area contributed by atoms with Gasteiger partial charge in [-0.15, -0.1) is 0 Å². The lowest BCUT2D eigenvalue weighted by Crippen LogP contribution is -2.49. The van der Waals surface area contributed by atoms with Crippen molar-refractivity contribution < 1.29 is 0 Å². The van der Waals surface area contributed by atoms with Crippen molar-refractivity contribution in [2.75, 3.05) is 31.1 Å². The average Bonchev–Trinajstić information content (AvgIpc) is 3.57. The van der Waals surface area contributed by atoms with Crippen LogP contribution in [-0.2, 0) is 7.05 Å². The number of anilines is 1. The monoisotopic (exact) mass is 468 g/mol. The number of aromatic nitrogens is 5. The van der Waals surface area contributed by atoms with Crippen LogP contribution in [-0.4, -0.2) is 68.0 Å². The van der Waals surface area contributed by atoms with Crippen molar-refractivity contribution >= 4 is 18.1 Å². The molecule has 4 aromatic rings. The van der Waals surface area contributed by atoms with Crippen molar-refractivity contribution in [3.05, 3.63) is 84.2 Å². The number of hydrogen-bond acceptors (Lipinski definition) is 6. The first-order chi connectivity index (χ1) is 17.1. The highest BCUT2D eigenvalue weighted by atomic mass is 15.3. The van der Waals surface area contributed by atoms with E-state index in [1.807, 2.05) is 74.4 Å². The molecule has 35 heavy (non-hydrogen) atoms. The fourth-order valence-electron chi connectivity index (χ4n) is 4.27. The lowest BCUT2D eigenvalue weighted by molar-refractivity contribution is 0.383. The van der Waals surface area contributed by atoms with Crippen LogP contribution in [0.4, 0.5) is 5.95 Å². The van der Waals surface area contributed by atoms with Crippen LogP contribution in [0, 0.1) is 5.41 Å². The Bertz CT molecular complexity index is 1300. The molecule has 0 radical (unpaired) electrons. The quantitative estimate of drug-likeness (QED) is 0.295. The Labute approximate surface area is 203 Å². The molecule has 1 fully saturated rings. The second-order valence-electron chi connectivity index (χ2n) is 8.47. The number of nitrogens with zero attached hydrogens (tertiary/aromatic N) is 7. The van der Waals surface area contributed by atoms with Gasteiger partial charge in [0.25, 0.3) is 0 Å². The second-order valence-corrected chi connectivity index (χ2v) is 8.47. The molecule has 4 N–H and O–H groups in total. The molecule has 4 heterocycles. The molecule has 0 spiro atoms. The fourth-order valence-corrected chi connectivity index (χ4v) is 4.27. The largest absolute Gasteiger partial charge is 0.358 e. The number of aliphatic imine (C=N–C) groups is 1. The van der Waals surface area contributed by atoms with Gasteiger partial charge in [0.1, 0.15) is 6.34 Å². The van der Waals surface area contributed by atoms with Crippen LogP contribution in [0.2, 0.25) is 0 Å². The summed E-state index contributed by atoms with van der Waals surface area (Å²) in [4.78, 5) is 21.2. The molecule has 0 unspecified atom stereocenters. The van der Waals surface area contributed by atoms with Gasteiger partial charge < -0.3 is 20.5 Å². The molecule has 10 nitrogen and oxygen atoms in total. The third-order valence-electron chi connectivity index (χ3n) is 6.19. The Morgan fingerprint density at radius 1 is 1.06 bits per heavy atom. The van der Waals surface area contributed by atoms with Crippen molar-refractivity contribution in [2.24, 2.45) is 17.8 Å². The van der Waals surface area contributed by atoms with Gasteiger partial charge in [-0.05, 0) is 11.6 Å². The number of aryl methyl sites for hydroxylation is 1. The van der Waals surface area contributed by atoms with Crippen LogP contribution in [0.3, 0.4) is 0 Å². The zero-order chi connectivity index (χ0) is 24.2. The Hall–Kier alpha value is -4.31. The molecule has 1 saturated heterocycles. The highest BCUT2D eigenvalue weighted by molar-refractivity contribution is 6.01. The molecule has 1 aliphatic heterocycles. The van der Waals surface area contributed by atoms with Crippen LogP contribution in [0.5, 0.6) is 0 Å². The molecule has 10 heteroatoms. The molecule has 0 bridgehead atoms. The number of rotatable bonds is 6. The van der Waals surface area contributed by atoms with Crippen molar-refractivity contribution in [1.29, 1.82) is 5.41 Å². The smallest absolute Gasteiger partial charge is 0.225 e. The number of benzene rings is 1. The summed E-state index contributed by atoms with van der Waals surface area (Å²) >= 11 is 0. The maximum Gasteiger partial charge on any atom is 0.225 e. The lowest BCUT2D eigenvalue weighted by Gasteiger charge is -2.36. The minimum absolute atomic E-state index is 0.251. The van der Waals surface area contributed by atoms with E-state index in [9.17, 15) is 0 Å². The molecule has 0 amide bonds. The van der Waals surface area contributed by atoms with Crippen LogP contribution in [0.15, 0.2) is 72.4 Å². The Morgan fingerprint density at radius 2 is 1.80 bits per heavy atom. The zero-order valence-corrected chi connectivity index (χ0v) is 19.5. The van der Waals surface area contributed by atoms with E-state index in [4.69, 9.17) is 11.1 Å². The second kappa shape index (κ2) is 9.90. The normalized spacial score (nSPS) is 15.3. The topological polar surface area (TPSA) is 128 Å². The van der Waals surface area contributed by atoms with Gasteiger partial charge in [-0.2, -0.15) is 5.10 Å². The van der Waals surface area contributed by atoms with E-state index in [0.717, 1.165) is 66.3 Å². The molecule has 3 aromatic heterocycles. The van der Waals surface area contributed by atoms with Crippen molar-refractivity contribution in [3.63, 3.8) is 0 Å². The van der Waals surface area contributed by atoms with E-state index in [2.05, 4.69) is 34.8 Å². The molecule has 5 rings (SSSR count).